The van der Waals surface area contributed by atoms with Gasteiger partial charge in [0.05, 0.1) is 10.8 Å². The van der Waals surface area contributed by atoms with Gasteiger partial charge in [0.15, 0.2) is 0 Å². The summed E-state index contributed by atoms with van der Waals surface area (Å²) in [4.78, 5) is 23.1. The third kappa shape index (κ3) is 1.72. The summed E-state index contributed by atoms with van der Waals surface area (Å²) < 4.78 is 5.92. The number of fused-ring (bicyclic) bond motifs is 2. The van der Waals surface area contributed by atoms with Crippen molar-refractivity contribution in [3.63, 3.8) is 0 Å². The zero-order valence-corrected chi connectivity index (χ0v) is 11.3. The molecule has 0 aliphatic carbocycles. The van der Waals surface area contributed by atoms with Gasteiger partial charge in [0.25, 0.3) is 0 Å². The van der Waals surface area contributed by atoms with E-state index in [1.165, 1.54) is 0 Å². The highest BCUT2D eigenvalue weighted by Crippen LogP contribution is 2.25. The lowest BCUT2D eigenvalue weighted by molar-refractivity contribution is 0.650. The molecule has 20 heavy (non-hydrogen) atoms. The van der Waals surface area contributed by atoms with Crippen LogP contribution in [0.25, 0.3) is 21.9 Å². The predicted molar refractivity (Wildman–Crippen MR) is 79.0 cm³/mol. The van der Waals surface area contributed by atoms with Gasteiger partial charge in [0, 0.05) is 5.56 Å². The zero-order chi connectivity index (χ0) is 14.3. The number of hydrogen-bond acceptors (Lipinski definition) is 4. The molecule has 4 heteroatoms. The summed E-state index contributed by atoms with van der Waals surface area (Å²) in [6.45, 7) is 3.89. The van der Waals surface area contributed by atoms with Crippen molar-refractivity contribution in [3.8, 4) is 0 Å². The van der Waals surface area contributed by atoms with E-state index in [9.17, 15) is 9.70 Å². The summed E-state index contributed by atoms with van der Waals surface area (Å²) in [5.41, 5.74) is 3.61. The molecule has 0 aliphatic rings. The van der Waals surface area contributed by atoms with Crippen molar-refractivity contribution in [2.24, 2.45) is 5.18 Å². The summed E-state index contributed by atoms with van der Waals surface area (Å²) in [6, 6.07) is 8.91. The van der Waals surface area contributed by atoms with Crippen LogP contribution in [0.15, 0.2) is 44.7 Å². The first-order valence-electron chi connectivity index (χ1n) is 6.37. The normalized spacial score (nSPS) is 11.1. The Labute approximate surface area is 115 Å². The predicted octanol–water partition coefficient (Wildman–Crippen LogP) is 3.83. The molecule has 0 atom stereocenters. The molecule has 0 radical (unpaired) electrons. The first-order chi connectivity index (χ1) is 9.63. The quantitative estimate of drug-likeness (QED) is 0.523. The van der Waals surface area contributed by atoms with Crippen molar-refractivity contribution in [3.05, 3.63) is 62.2 Å². The lowest BCUT2D eigenvalue weighted by Crippen LogP contribution is -2.04. The summed E-state index contributed by atoms with van der Waals surface area (Å²) in [5.74, 6) is 0. The van der Waals surface area contributed by atoms with E-state index in [0.717, 1.165) is 11.1 Å². The minimum absolute atomic E-state index is 0.00332. The number of hydrogen-bond donors (Lipinski definition) is 0. The molecule has 0 unspecified atom stereocenters. The van der Waals surface area contributed by atoms with E-state index in [1.807, 2.05) is 19.9 Å². The molecule has 0 aliphatic heterocycles. The summed E-state index contributed by atoms with van der Waals surface area (Å²) in [7, 11) is 0. The number of rotatable bonds is 2. The molecule has 1 aromatic heterocycles. The van der Waals surface area contributed by atoms with Crippen LogP contribution in [-0.2, 0) is 6.54 Å². The van der Waals surface area contributed by atoms with Crippen LogP contribution in [0.4, 0.5) is 0 Å². The molecule has 0 saturated carbocycles. The van der Waals surface area contributed by atoms with Crippen molar-refractivity contribution in [2.75, 3.05) is 0 Å². The van der Waals surface area contributed by atoms with Crippen molar-refractivity contribution in [2.45, 2.75) is 20.4 Å². The van der Waals surface area contributed by atoms with Gasteiger partial charge in [-0.15, -0.1) is 0 Å². The summed E-state index contributed by atoms with van der Waals surface area (Å²) >= 11 is 0. The average molecular weight is 267 g/mol. The molecule has 100 valence electrons. The number of nitrogens with zero attached hydrogens (tertiary/aromatic N) is 1. The molecule has 0 N–H and O–H groups in total. The summed E-state index contributed by atoms with van der Waals surface area (Å²) in [5, 5.41) is 3.95. The Morgan fingerprint density at radius 3 is 2.55 bits per heavy atom. The lowest BCUT2D eigenvalue weighted by Gasteiger charge is -2.08. The Bertz CT molecular complexity index is 893. The van der Waals surface area contributed by atoms with Crippen molar-refractivity contribution in [1.82, 2.24) is 0 Å². The van der Waals surface area contributed by atoms with Crippen molar-refractivity contribution < 1.29 is 4.42 Å². The standard InChI is InChI=1S/C16H13NO3/c1-9-6-7-13-14(18)12-5-3-4-11(8-17-19)16(12)20-15(13)10(9)2/h3-7H,8H2,1-2H3. The first kappa shape index (κ1) is 12.5. The average Bonchev–Trinajstić information content (AvgIpc) is 2.45. The van der Waals surface area contributed by atoms with E-state index in [2.05, 4.69) is 5.18 Å². The molecule has 1 heterocycles. The highest BCUT2D eigenvalue weighted by molar-refractivity contribution is 5.92. The van der Waals surface area contributed by atoms with Crippen LogP contribution in [0.1, 0.15) is 16.7 Å². The Balaban J connectivity index is 2.55. The van der Waals surface area contributed by atoms with Gasteiger partial charge in [-0.2, -0.15) is 4.91 Å². The molecule has 0 fully saturated rings. The first-order valence-corrected chi connectivity index (χ1v) is 6.37. The number of benzene rings is 2. The molecular formula is C16H13NO3. The van der Waals surface area contributed by atoms with E-state index in [0.29, 0.717) is 27.5 Å². The lowest BCUT2D eigenvalue weighted by atomic mass is 10.0. The van der Waals surface area contributed by atoms with Crippen LogP contribution in [0.2, 0.25) is 0 Å². The molecule has 3 rings (SSSR count). The minimum Gasteiger partial charge on any atom is -0.455 e. The Morgan fingerprint density at radius 1 is 1.05 bits per heavy atom. The largest absolute Gasteiger partial charge is 0.455 e. The van der Waals surface area contributed by atoms with Crippen LogP contribution in [0.5, 0.6) is 0 Å². The second kappa shape index (κ2) is 4.56. The Kier molecular flexibility index (Phi) is 2.86. The fourth-order valence-electron chi connectivity index (χ4n) is 2.43. The van der Waals surface area contributed by atoms with E-state index >= 15 is 0 Å². The third-order valence-corrected chi connectivity index (χ3v) is 3.70. The van der Waals surface area contributed by atoms with Crippen LogP contribution >= 0.6 is 0 Å². The zero-order valence-electron chi connectivity index (χ0n) is 11.3. The fourth-order valence-corrected chi connectivity index (χ4v) is 2.43. The minimum atomic E-state index is -0.0721. The molecule has 0 spiro atoms. The van der Waals surface area contributed by atoms with Crippen LogP contribution in [0.3, 0.4) is 0 Å². The van der Waals surface area contributed by atoms with Crippen molar-refractivity contribution >= 4 is 21.9 Å². The topological polar surface area (TPSA) is 59.6 Å². The number of nitroso groups, excluding NO2 is 1. The van der Waals surface area contributed by atoms with E-state index in [-0.39, 0.29) is 12.0 Å². The van der Waals surface area contributed by atoms with Crippen LogP contribution in [-0.4, -0.2) is 0 Å². The maximum absolute atomic E-state index is 12.5. The van der Waals surface area contributed by atoms with Gasteiger partial charge in [-0.05, 0) is 37.1 Å². The van der Waals surface area contributed by atoms with Crippen LogP contribution in [0, 0.1) is 18.8 Å². The maximum atomic E-state index is 12.5. The van der Waals surface area contributed by atoms with Gasteiger partial charge in [0.2, 0.25) is 5.43 Å². The summed E-state index contributed by atoms with van der Waals surface area (Å²) in [6.07, 6.45) is 0. The maximum Gasteiger partial charge on any atom is 0.200 e. The van der Waals surface area contributed by atoms with Gasteiger partial charge in [-0.1, -0.05) is 23.4 Å². The number of para-hydroxylation sites is 1. The van der Waals surface area contributed by atoms with Crippen LogP contribution < -0.4 is 5.43 Å². The monoisotopic (exact) mass is 267 g/mol. The van der Waals surface area contributed by atoms with E-state index in [4.69, 9.17) is 4.42 Å². The van der Waals surface area contributed by atoms with Gasteiger partial charge < -0.3 is 4.42 Å². The molecular weight excluding hydrogens is 254 g/mol. The molecule has 0 bridgehead atoms. The van der Waals surface area contributed by atoms with E-state index < -0.39 is 0 Å². The Hall–Kier alpha value is -2.49. The second-order valence-corrected chi connectivity index (χ2v) is 4.90. The van der Waals surface area contributed by atoms with Gasteiger partial charge in [0.1, 0.15) is 17.7 Å². The highest BCUT2D eigenvalue weighted by atomic mass is 16.3. The van der Waals surface area contributed by atoms with Gasteiger partial charge in [-0.3, -0.25) is 4.79 Å². The Morgan fingerprint density at radius 2 is 1.80 bits per heavy atom. The fraction of sp³-hybridized carbons (Fsp3) is 0.188. The highest BCUT2D eigenvalue weighted by Gasteiger charge is 2.13. The van der Waals surface area contributed by atoms with E-state index in [1.54, 1.807) is 24.3 Å². The van der Waals surface area contributed by atoms with Crippen molar-refractivity contribution in [1.29, 1.82) is 0 Å². The molecule has 0 saturated heterocycles. The van der Waals surface area contributed by atoms with Gasteiger partial charge >= 0.3 is 0 Å². The molecule has 3 aromatic rings. The third-order valence-electron chi connectivity index (χ3n) is 3.70. The SMILES string of the molecule is Cc1ccc2c(=O)c3cccc(CN=O)c3oc2c1C. The number of aryl methyl sites for hydroxylation is 2. The molecule has 2 aromatic carbocycles. The smallest absolute Gasteiger partial charge is 0.200 e. The molecule has 0 amide bonds. The molecule has 4 nitrogen and oxygen atoms in total. The van der Waals surface area contributed by atoms with Gasteiger partial charge in [-0.25, -0.2) is 0 Å². The second-order valence-electron chi connectivity index (χ2n) is 4.90.